The summed E-state index contributed by atoms with van der Waals surface area (Å²) in [4.78, 5) is 12.9. The van der Waals surface area contributed by atoms with E-state index in [4.69, 9.17) is 10.5 Å². The van der Waals surface area contributed by atoms with Gasteiger partial charge in [0.15, 0.2) is 0 Å². The number of hydrogen-bond acceptors (Lipinski definition) is 3. The maximum absolute atomic E-state index is 13.0. The number of anilines is 1. The van der Waals surface area contributed by atoms with Gasteiger partial charge < -0.3 is 10.5 Å². The number of benzene rings is 1. The van der Waals surface area contributed by atoms with Crippen LogP contribution in [0, 0.1) is 11.7 Å². The van der Waals surface area contributed by atoms with Gasteiger partial charge in [0.2, 0.25) is 0 Å². The average molecular weight is 224 g/mol. The lowest BCUT2D eigenvalue weighted by Crippen LogP contribution is -2.45. The van der Waals surface area contributed by atoms with Crippen LogP contribution in [0.1, 0.15) is 0 Å². The first-order valence-electron chi connectivity index (χ1n) is 5.10. The summed E-state index contributed by atoms with van der Waals surface area (Å²) in [6.45, 7) is 1.25. The normalized spacial score (nSPS) is 20.8. The van der Waals surface area contributed by atoms with Crippen molar-refractivity contribution >= 4 is 11.8 Å². The highest BCUT2D eigenvalue weighted by atomic mass is 19.1. The van der Waals surface area contributed by atoms with Crippen LogP contribution in [-0.4, -0.2) is 25.8 Å². The largest absolute Gasteiger partial charge is 0.449 e. The molecule has 0 aromatic heterocycles. The van der Waals surface area contributed by atoms with Crippen LogP contribution in [0.5, 0.6) is 0 Å². The smallest absolute Gasteiger partial charge is 0.414 e. The predicted molar refractivity (Wildman–Crippen MR) is 57.6 cm³/mol. The van der Waals surface area contributed by atoms with Crippen molar-refractivity contribution in [3.8, 4) is 0 Å². The van der Waals surface area contributed by atoms with E-state index in [1.807, 2.05) is 0 Å². The lowest BCUT2D eigenvalue weighted by Gasteiger charge is -2.31. The highest BCUT2D eigenvalue weighted by Crippen LogP contribution is 2.21. The zero-order chi connectivity index (χ0) is 11.5. The van der Waals surface area contributed by atoms with Crippen LogP contribution in [-0.2, 0) is 4.74 Å². The van der Waals surface area contributed by atoms with Crippen molar-refractivity contribution in [1.29, 1.82) is 0 Å². The summed E-state index contributed by atoms with van der Waals surface area (Å²) in [5.74, 6) is -0.277. The van der Waals surface area contributed by atoms with Crippen LogP contribution >= 0.6 is 0 Å². The second kappa shape index (κ2) is 4.49. The third-order valence-corrected chi connectivity index (χ3v) is 2.56. The Kier molecular flexibility index (Phi) is 3.05. The van der Waals surface area contributed by atoms with Gasteiger partial charge in [-0.25, -0.2) is 9.18 Å². The number of halogens is 1. The van der Waals surface area contributed by atoms with Gasteiger partial charge in [0.1, 0.15) is 5.82 Å². The zero-order valence-corrected chi connectivity index (χ0v) is 8.73. The average Bonchev–Trinajstić information content (AvgIpc) is 2.30. The van der Waals surface area contributed by atoms with E-state index < -0.39 is 6.09 Å². The Morgan fingerprint density at radius 2 is 2.38 bits per heavy atom. The molecule has 2 N–H and O–H groups in total. The molecular formula is C11H13FN2O2. The Morgan fingerprint density at radius 1 is 1.56 bits per heavy atom. The van der Waals surface area contributed by atoms with Crippen LogP contribution in [0.25, 0.3) is 0 Å². The van der Waals surface area contributed by atoms with Crippen LogP contribution in [0.15, 0.2) is 24.3 Å². The Balaban J connectivity index is 2.21. The molecule has 16 heavy (non-hydrogen) atoms. The van der Waals surface area contributed by atoms with Crippen molar-refractivity contribution in [2.75, 3.05) is 24.6 Å². The maximum atomic E-state index is 13.0. The van der Waals surface area contributed by atoms with Gasteiger partial charge in [-0.2, -0.15) is 0 Å². The van der Waals surface area contributed by atoms with E-state index in [2.05, 4.69) is 0 Å². The number of nitrogens with two attached hydrogens (primary N) is 1. The number of carbonyl (C=O) groups excluding carboxylic acids is 1. The summed E-state index contributed by atoms with van der Waals surface area (Å²) < 4.78 is 18.0. The number of hydrogen-bond donors (Lipinski definition) is 1. The SMILES string of the molecule is NCC1COC(=O)N(c2cccc(F)c2)C1. The number of cyclic esters (lactones) is 1. The summed E-state index contributed by atoms with van der Waals surface area (Å²) >= 11 is 0. The first-order valence-corrected chi connectivity index (χ1v) is 5.10. The minimum atomic E-state index is -0.449. The predicted octanol–water partition coefficient (Wildman–Crippen LogP) is 1.36. The molecule has 1 atom stereocenters. The van der Waals surface area contributed by atoms with Crippen molar-refractivity contribution in [1.82, 2.24) is 0 Å². The maximum Gasteiger partial charge on any atom is 0.414 e. The number of rotatable bonds is 2. The number of nitrogens with zero attached hydrogens (tertiary/aromatic N) is 1. The minimum absolute atomic E-state index is 0.0981. The topological polar surface area (TPSA) is 55.6 Å². The summed E-state index contributed by atoms with van der Waals surface area (Å²) in [6, 6.07) is 5.87. The molecule has 2 rings (SSSR count). The van der Waals surface area contributed by atoms with E-state index in [9.17, 15) is 9.18 Å². The van der Waals surface area contributed by atoms with Gasteiger partial charge in [-0.15, -0.1) is 0 Å². The fourth-order valence-corrected chi connectivity index (χ4v) is 1.65. The molecule has 1 heterocycles. The van der Waals surface area contributed by atoms with E-state index >= 15 is 0 Å². The van der Waals surface area contributed by atoms with Crippen molar-refractivity contribution in [3.63, 3.8) is 0 Å². The quantitative estimate of drug-likeness (QED) is 0.825. The molecule has 1 unspecified atom stereocenters. The Labute approximate surface area is 92.8 Å². The number of ether oxygens (including phenoxy) is 1. The molecule has 0 bridgehead atoms. The first-order chi connectivity index (χ1) is 7.70. The monoisotopic (exact) mass is 224 g/mol. The van der Waals surface area contributed by atoms with Crippen molar-refractivity contribution in [3.05, 3.63) is 30.1 Å². The van der Waals surface area contributed by atoms with Gasteiger partial charge in [0.05, 0.1) is 6.61 Å². The summed E-state index contributed by atoms with van der Waals surface area (Å²) in [6.07, 6.45) is -0.449. The summed E-state index contributed by atoms with van der Waals surface area (Å²) in [5, 5.41) is 0. The van der Waals surface area contributed by atoms with Crippen molar-refractivity contribution in [2.24, 2.45) is 11.7 Å². The van der Waals surface area contributed by atoms with Gasteiger partial charge in [-0.1, -0.05) is 6.07 Å². The molecule has 1 fully saturated rings. The molecule has 1 aromatic carbocycles. The van der Waals surface area contributed by atoms with Gasteiger partial charge in [-0.3, -0.25) is 4.90 Å². The van der Waals surface area contributed by atoms with Crippen LogP contribution in [0.2, 0.25) is 0 Å². The molecule has 1 saturated heterocycles. The van der Waals surface area contributed by atoms with Crippen LogP contribution in [0.3, 0.4) is 0 Å². The van der Waals surface area contributed by atoms with Gasteiger partial charge in [-0.05, 0) is 18.2 Å². The Morgan fingerprint density at radius 3 is 3.06 bits per heavy atom. The Hall–Kier alpha value is -1.62. The van der Waals surface area contributed by atoms with Crippen LogP contribution < -0.4 is 10.6 Å². The third-order valence-electron chi connectivity index (χ3n) is 2.56. The second-order valence-corrected chi connectivity index (χ2v) is 3.77. The van der Waals surface area contributed by atoms with E-state index in [-0.39, 0.29) is 11.7 Å². The molecular weight excluding hydrogens is 211 g/mol. The lowest BCUT2D eigenvalue weighted by atomic mass is 10.1. The van der Waals surface area contributed by atoms with Gasteiger partial charge in [0, 0.05) is 24.7 Å². The standard InChI is InChI=1S/C11H13FN2O2/c12-9-2-1-3-10(4-9)14-6-8(5-13)7-16-11(14)15/h1-4,8H,5-7,13H2. The molecule has 0 radical (unpaired) electrons. The highest BCUT2D eigenvalue weighted by Gasteiger charge is 2.27. The number of carbonyl (C=O) groups is 1. The van der Waals surface area contributed by atoms with E-state index in [0.717, 1.165) is 0 Å². The molecule has 5 heteroatoms. The fraction of sp³-hybridized carbons (Fsp3) is 0.364. The number of amides is 1. The molecule has 0 spiro atoms. The van der Waals surface area contributed by atoms with Gasteiger partial charge >= 0.3 is 6.09 Å². The molecule has 1 aromatic rings. The molecule has 1 aliphatic heterocycles. The zero-order valence-electron chi connectivity index (χ0n) is 8.73. The summed E-state index contributed by atoms with van der Waals surface area (Å²) in [5.41, 5.74) is 6.03. The Bertz CT molecular complexity index is 397. The van der Waals surface area contributed by atoms with E-state index in [1.54, 1.807) is 12.1 Å². The third kappa shape index (κ3) is 2.14. The molecule has 0 aliphatic carbocycles. The minimum Gasteiger partial charge on any atom is -0.449 e. The van der Waals surface area contributed by atoms with Crippen molar-refractivity contribution in [2.45, 2.75) is 0 Å². The van der Waals surface area contributed by atoms with E-state index in [0.29, 0.717) is 25.4 Å². The molecule has 0 saturated carbocycles. The lowest BCUT2D eigenvalue weighted by molar-refractivity contribution is 0.117. The van der Waals surface area contributed by atoms with Crippen molar-refractivity contribution < 1.29 is 13.9 Å². The molecule has 4 nitrogen and oxygen atoms in total. The van der Waals surface area contributed by atoms with Crippen LogP contribution in [0.4, 0.5) is 14.9 Å². The molecule has 1 aliphatic rings. The molecule has 86 valence electrons. The highest BCUT2D eigenvalue weighted by molar-refractivity contribution is 5.88. The second-order valence-electron chi connectivity index (χ2n) is 3.77. The molecule has 1 amide bonds. The van der Waals surface area contributed by atoms with E-state index in [1.165, 1.54) is 17.0 Å². The van der Waals surface area contributed by atoms with Gasteiger partial charge in [0.25, 0.3) is 0 Å². The fourth-order valence-electron chi connectivity index (χ4n) is 1.65. The summed E-state index contributed by atoms with van der Waals surface area (Å²) in [7, 11) is 0. The first kappa shape index (κ1) is 10.9.